The lowest BCUT2D eigenvalue weighted by atomic mass is 10.1. The monoisotopic (exact) mass is 346 g/mol. The molecule has 26 heavy (non-hydrogen) atoms. The van der Waals surface area contributed by atoms with Crippen molar-refractivity contribution in [2.75, 3.05) is 0 Å². The molecule has 0 aliphatic rings. The van der Waals surface area contributed by atoms with Crippen LogP contribution in [0.3, 0.4) is 0 Å². The Balaban J connectivity index is 1.76. The average molecular weight is 346 g/mol. The van der Waals surface area contributed by atoms with E-state index in [2.05, 4.69) is 10.6 Å². The number of furan rings is 1. The van der Waals surface area contributed by atoms with Gasteiger partial charge in [0.15, 0.2) is 5.76 Å². The highest BCUT2D eigenvalue weighted by molar-refractivity contribution is 6.04. The molecule has 0 aliphatic heterocycles. The second-order valence-electron chi connectivity index (χ2n) is 5.57. The van der Waals surface area contributed by atoms with E-state index in [0.29, 0.717) is 6.54 Å². The van der Waals surface area contributed by atoms with Gasteiger partial charge in [-0.1, -0.05) is 60.7 Å². The maximum absolute atomic E-state index is 12.6. The summed E-state index contributed by atoms with van der Waals surface area (Å²) in [4.78, 5) is 24.9. The number of nitrogens with one attached hydrogen (secondary N) is 2. The highest BCUT2D eigenvalue weighted by atomic mass is 16.3. The Bertz CT molecular complexity index is 886. The van der Waals surface area contributed by atoms with Gasteiger partial charge in [0.2, 0.25) is 0 Å². The second kappa shape index (κ2) is 8.48. The Labute approximate surface area is 151 Å². The third kappa shape index (κ3) is 4.70. The largest absolute Gasteiger partial charge is 0.459 e. The molecule has 5 heteroatoms. The van der Waals surface area contributed by atoms with E-state index >= 15 is 0 Å². The molecule has 1 heterocycles. The van der Waals surface area contributed by atoms with Crippen molar-refractivity contribution >= 4 is 17.9 Å². The first-order valence-electron chi connectivity index (χ1n) is 8.16. The van der Waals surface area contributed by atoms with E-state index in [1.165, 1.54) is 12.3 Å². The number of hydrogen-bond donors (Lipinski definition) is 2. The van der Waals surface area contributed by atoms with E-state index < -0.39 is 5.91 Å². The van der Waals surface area contributed by atoms with Crippen LogP contribution in [-0.2, 0) is 11.3 Å². The van der Waals surface area contributed by atoms with Crippen LogP contribution in [0.5, 0.6) is 0 Å². The Hall–Kier alpha value is -3.60. The molecule has 0 saturated carbocycles. The van der Waals surface area contributed by atoms with Crippen molar-refractivity contribution in [1.82, 2.24) is 10.6 Å². The number of amides is 2. The van der Waals surface area contributed by atoms with Gasteiger partial charge in [-0.2, -0.15) is 0 Å². The average Bonchev–Trinajstić information content (AvgIpc) is 3.22. The van der Waals surface area contributed by atoms with Gasteiger partial charge in [-0.15, -0.1) is 0 Å². The van der Waals surface area contributed by atoms with Gasteiger partial charge in [-0.25, -0.2) is 0 Å². The van der Waals surface area contributed by atoms with Crippen molar-refractivity contribution in [2.24, 2.45) is 0 Å². The van der Waals surface area contributed by atoms with Gasteiger partial charge in [-0.3, -0.25) is 9.59 Å². The van der Waals surface area contributed by atoms with Crippen LogP contribution >= 0.6 is 0 Å². The zero-order valence-electron chi connectivity index (χ0n) is 14.0. The molecule has 2 aromatic carbocycles. The molecule has 2 amide bonds. The van der Waals surface area contributed by atoms with E-state index in [1.807, 2.05) is 60.7 Å². The number of benzene rings is 2. The molecule has 0 aliphatic carbocycles. The van der Waals surface area contributed by atoms with E-state index in [4.69, 9.17) is 4.42 Å². The molecular weight excluding hydrogens is 328 g/mol. The van der Waals surface area contributed by atoms with Crippen LogP contribution in [0, 0.1) is 0 Å². The quantitative estimate of drug-likeness (QED) is 0.672. The molecule has 0 bridgehead atoms. The van der Waals surface area contributed by atoms with Crippen molar-refractivity contribution in [1.29, 1.82) is 0 Å². The van der Waals surface area contributed by atoms with Crippen LogP contribution in [0.1, 0.15) is 21.7 Å². The molecular formula is C21H18N2O3. The minimum Gasteiger partial charge on any atom is -0.459 e. The van der Waals surface area contributed by atoms with Crippen LogP contribution < -0.4 is 10.6 Å². The molecule has 3 aromatic rings. The zero-order chi connectivity index (χ0) is 18.2. The molecule has 5 nitrogen and oxygen atoms in total. The highest BCUT2D eigenvalue weighted by Crippen LogP contribution is 2.08. The third-order valence-electron chi connectivity index (χ3n) is 3.64. The van der Waals surface area contributed by atoms with E-state index in [1.54, 1.807) is 12.1 Å². The Morgan fingerprint density at radius 3 is 2.23 bits per heavy atom. The molecule has 1 aromatic heterocycles. The smallest absolute Gasteiger partial charge is 0.291 e. The van der Waals surface area contributed by atoms with Crippen molar-refractivity contribution in [3.63, 3.8) is 0 Å². The number of rotatable bonds is 6. The normalized spacial score (nSPS) is 11.0. The lowest BCUT2D eigenvalue weighted by Crippen LogP contribution is -2.34. The van der Waals surface area contributed by atoms with Crippen LogP contribution in [0.25, 0.3) is 6.08 Å². The fourth-order valence-corrected chi connectivity index (χ4v) is 2.34. The molecule has 130 valence electrons. The topological polar surface area (TPSA) is 71.3 Å². The van der Waals surface area contributed by atoms with E-state index in [-0.39, 0.29) is 17.4 Å². The SMILES string of the molecule is O=C(NCc1ccccc1)/C(=C\c1ccccc1)NC(=O)c1ccco1. The lowest BCUT2D eigenvalue weighted by Gasteiger charge is -2.10. The molecule has 0 fully saturated rings. The molecule has 0 spiro atoms. The predicted octanol–water partition coefficient (Wildman–Crippen LogP) is 3.37. The summed E-state index contributed by atoms with van der Waals surface area (Å²) in [6, 6.07) is 22.0. The lowest BCUT2D eigenvalue weighted by molar-refractivity contribution is -0.117. The molecule has 2 N–H and O–H groups in total. The standard InChI is InChI=1S/C21H18N2O3/c24-20(22-15-17-10-5-2-6-11-17)18(14-16-8-3-1-4-9-16)23-21(25)19-12-7-13-26-19/h1-14H,15H2,(H,22,24)(H,23,25)/b18-14+. The minimum absolute atomic E-state index is 0.139. The van der Waals surface area contributed by atoms with Gasteiger partial charge in [0.1, 0.15) is 5.70 Å². The van der Waals surface area contributed by atoms with Crippen LogP contribution in [-0.4, -0.2) is 11.8 Å². The second-order valence-corrected chi connectivity index (χ2v) is 5.57. The predicted molar refractivity (Wildman–Crippen MR) is 98.9 cm³/mol. The number of carbonyl (C=O) groups is 2. The maximum Gasteiger partial charge on any atom is 0.291 e. The summed E-state index contributed by atoms with van der Waals surface area (Å²) in [5.41, 5.74) is 1.92. The Morgan fingerprint density at radius 1 is 0.885 bits per heavy atom. The molecule has 3 rings (SSSR count). The fourth-order valence-electron chi connectivity index (χ4n) is 2.34. The van der Waals surface area contributed by atoms with Gasteiger partial charge >= 0.3 is 0 Å². The minimum atomic E-state index is -0.480. The summed E-state index contributed by atoms with van der Waals surface area (Å²) < 4.78 is 5.08. The first-order valence-corrected chi connectivity index (χ1v) is 8.16. The Kier molecular flexibility index (Phi) is 5.62. The van der Waals surface area contributed by atoms with Crippen LogP contribution in [0.2, 0.25) is 0 Å². The summed E-state index contributed by atoms with van der Waals surface area (Å²) in [7, 11) is 0. The van der Waals surface area contributed by atoms with Crippen LogP contribution in [0.15, 0.2) is 89.2 Å². The summed E-state index contributed by atoms with van der Waals surface area (Å²) in [5.74, 6) is -0.718. The van der Waals surface area contributed by atoms with Crippen molar-refractivity contribution in [2.45, 2.75) is 6.54 Å². The van der Waals surface area contributed by atoms with Crippen molar-refractivity contribution in [3.05, 3.63) is 102 Å². The molecule has 0 unspecified atom stereocenters. The van der Waals surface area contributed by atoms with E-state index in [0.717, 1.165) is 11.1 Å². The number of carbonyl (C=O) groups excluding carboxylic acids is 2. The van der Waals surface area contributed by atoms with Gasteiger partial charge in [0, 0.05) is 6.54 Å². The fraction of sp³-hybridized carbons (Fsp3) is 0.0476. The van der Waals surface area contributed by atoms with E-state index in [9.17, 15) is 9.59 Å². The first-order chi connectivity index (χ1) is 12.7. The van der Waals surface area contributed by atoms with Gasteiger partial charge in [-0.05, 0) is 29.3 Å². The summed E-state index contributed by atoms with van der Waals surface area (Å²) >= 11 is 0. The van der Waals surface area contributed by atoms with Gasteiger partial charge in [0.05, 0.1) is 6.26 Å². The molecule has 0 saturated heterocycles. The van der Waals surface area contributed by atoms with Gasteiger partial charge < -0.3 is 15.1 Å². The summed E-state index contributed by atoms with van der Waals surface area (Å²) in [6.07, 6.45) is 3.03. The molecule has 0 radical (unpaired) electrons. The van der Waals surface area contributed by atoms with Crippen molar-refractivity contribution < 1.29 is 14.0 Å². The number of hydrogen-bond acceptors (Lipinski definition) is 3. The summed E-state index contributed by atoms with van der Waals surface area (Å²) in [5, 5.41) is 5.44. The van der Waals surface area contributed by atoms with Gasteiger partial charge in [0.25, 0.3) is 11.8 Å². The van der Waals surface area contributed by atoms with Crippen LogP contribution in [0.4, 0.5) is 0 Å². The Morgan fingerprint density at radius 2 is 1.58 bits per heavy atom. The maximum atomic E-state index is 12.6. The first kappa shape index (κ1) is 17.2. The zero-order valence-corrected chi connectivity index (χ0v) is 14.0. The third-order valence-corrected chi connectivity index (χ3v) is 3.64. The molecule has 0 atom stereocenters. The highest BCUT2D eigenvalue weighted by Gasteiger charge is 2.16. The summed E-state index contributed by atoms with van der Waals surface area (Å²) in [6.45, 7) is 0.364. The van der Waals surface area contributed by atoms with Crippen molar-refractivity contribution in [3.8, 4) is 0 Å².